The van der Waals surface area contributed by atoms with Gasteiger partial charge in [-0.05, 0) is 43.7 Å². The van der Waals surface area contributed by atoms with E-state index < -0.39 is 32.7 Å². The SMILES string of the molecule is Cc1cccc(OCCOC(=O)C(C)NS(=O)(=O)c2ccccc2F)c1. The van der Waals surface area contributed by atoms with Gasteiger partial charge in [-0.3, -0.25) is 4.79 Å². The Bertz CT molecular complexity index is 869. The van der Waals surface area contributed by atoms with Crippen LogP contribution in [-0.2, 0) is 19.6 Å². The molecule has 0 spiro atoms. The number of sulfonamides is 1. The highest BCUT2D eigenvalue weighted by Gasteiger charge is 2.25. The smallest absolute Gasteiger partial charge is 0.324 e. The summed E-state index contributed by atoms with van der Waals surface area (Å²) in [5.41, 5.74) is 1.04. The van der Waals surface area contributed by atoms with Gasteiger partial charge in [-0.1, -0.05) is 24.3 Å². The summed E-state index contributed by atoms with van der Waals surface area (Å²) in [6, 6.07) is 11.1. The molecule has 0 saturated heterocycles. The third-order valence-electron chi connectivity index (χ3n) is 3.40. The molecule has 0 aromatic heterocycles. The van der Waals surface area contributed by atoms with Crippen LogP contribution in [0.2, 0.25) is 0 Å². The molecule has 0 fully saturated rings. The Balaban J connectivity index is 1.83. The summed E-state index contributed by atoms with van der Waals surface area (Å²) in [4.78, 5) is 11.4. The third kappa shape index (κ3) is 5.53. The standard InChI is InChI=1S/C18H20FNO5S/c1-13-6-5-7-15(12-13)24-10-11-25-18(21)14(2)20-26(22,23)17-9-4-3-8-16(17)19/h3-9,12,14,20H,10-11H2,1-2H3. The highest BCUT2D eigenvalue weighted by Crippen LogP contribution is 2.14. The van der Waals surface area contributed by atoms with Crippen LogP contribution >= 0.6 is 0 Å². The van der Waals surface area contributed by atoms with E-state index in [9.17, 15) is 17.6 Å². The van der Waals surface area contributed by atoms with Crippen LogP contribution in [0.1, 0.15) is 12.5 Å². The van der Waals surface area contributed by atoms with Gasteiger partial charge in [-0.15, -0.1) is 0 Å². The number of hydrogen-bond donors (Lipinski definition) is 1. The molecule has 26 heavy (non-hydrogen) atoms. The van der Waals surface area contributed by atoms with Gasteiger partial charge in [0.1, 0.15) is 35.7 Å². The van der Waals surface area contributed by atoms with E-state index in [2.05, 4.69) is 4.72 Å². The lowest BCUT2D eigenvalue weighted by Gasteiger charge is -2.14. The second-order valence-corrected chi connectivity index (χ2v) is 7.29. The first-order valence-electron chi connectivity index (χ1n) is 7.92. The molecule has 2 rings (SSSR count). The van der Waals surface area contributed by atoms with Crippen LogP contribution in [0.15, 0.2) is 53.4 Å². The Kier molecular flexibility index (Phi) is 6.70. The predicted octanol–water partition coefficient (Wildman–Crippen LogP) is 2.42. The van der Waals surface area contributed by atoms with E-state index in [1.165, 1.54) is 19.1 Å². The van der Waals surface area contributed by atoms with Gasteiger partial charge < -0.3 is 9.47 Å². The molecule has 0 aliphatic heterocycles. The second kappa shape index (κ2) is 8.77. The van der Waals surface area contributed by atoms with Crippen molar-refractivity contribution in [2.75, 3.05) is 13.2 Å². The molecule has 0 amide bonds. The first-order chi connectivity index (χ1) is 12.3. The van der Waals surface area contributed by atoms with Gasteiger partial charge in [0, 0.05) is 0 Å². The van der Waals surface area contributed by atoms with Crippen molar-refractivity contribution >= 4 is 16.0 Å². The molecular weight excluding hydrogens is 361 g/mol. The fourth-order valence-electron chi connectivity index (χ4n) is 2.14. The number of aryl methyl sites for hydroxylation is 1. The zero-order chi connectivity index (χ0) is 19.2. The van der Waals surface area contributed by atoms with Crippen LogP contribution in [0.4, 0.5) is 4.39 Å². The van der Waals surface area contributed by atoms with E-state index >= 15 is 0 Å². The fraction of sp³-hybridized carbons (Fsp3) is 0.278. The van der Waals surface area contributed by atoms with E-state index in [-0.39, 0.29) is 13.2 Å². The molecule has 8 heteroatoms. The van der Waals surface area contributed by atoms with E-state index in [1.807, 2.05) is 25.1 Å². The average molecular weight is 381 g/mol. The molecule has 1 atom stereocenters. The van der Waals surface area contributed by atoms with Crippen molar-refractivity contribution in [2.24, 2.45) is 0 Å². The third-order valence-corrected chi connectivity index (χ3v) is 4.97. The topological polar surface area (TPSA) is 81.7 Å². The lowest BCUT2D eigenvalue weighted by Crippen LogP contribution is -2.40. The zero-order valence-electron chi connectivity index (χ0n) is 14.4. The normalized spacial score (nSPS) is 12.4. The number of nitrogens with one attached hydrogen (secondary N) is 1. The Morgan fingerprint density at radius 1 is 1.15 bits per heavy atom. The molecule has 0 aliphatic carbocycles. The molecule has 2 aromatic carbocycles. The monoisotopic (exact) mass is 381 g/mol. The summed E-state index contributed by atoms with van der Waals surface area (Å²) in [5, 5.41) is 0. The van der Waals surface area contributed by atoms with Crippen molar-refractivity contribution in [1.29, 1.82) is 0 Å². The number of hydrogen-bond acceptors (Lipinski definition) is 5. The summed E-state index contributed by atoms with van der Waals surface area (Å²) >= 11 is 0. The molecule has 0 heterocycles. The molecule has 0 aliphatic rings. The maximum Gasteiger partial charge on any atom is 0.324 e. The number of carbonyl (C=O) groups excluding carboxylic acids is 1. The lowest BCUT2D eigenvalue weighted by molar-refractivity contribution is -0.145. The van der Waals surface area contributed by atoms with E-state index in [0.29, 0.717) is 5.75 Å². The number of rotatable bonds is 8. The van der Waals surface area contributed by atoms with Gasteiger partial charge in [0.25, 0.3) is 0 Å². The Hall–Kier alpha value is -2.45. The fourth-order valence-corrected chi connectivity index (χ4v) is 3.41. The number of esters is 1. The van der Waals surface area contributed by atoms with Crippen molar-refractivity contribution < 1.29 is 27.1 Å². The van der Waals surface area contributed by atoms with Crippen molar-refractivity contribution in [2.45, 2.75) is 24.8 Å². The summed E-state index contributed by atoms with van der Waals surface area (Å²) in [5.74, 6) is -1.03. The highest BCUT2D eigenvalue weighted by molar-refractivity contribution is 7.89. The summed E-state index contributed by atoms with van der Waals surface area (Å²) in [6.45, 7) is 3.33. The molecule has 0 bridgehead atoms. The average Bonchev–Trinajstić information content (AvgIpc) is 2.58. The van der Waals surface area contributed by atoms with E-state index in [4.69, 9.17) is 9.47 Å². The molecule has 0 radical (unpaired) electrons. The molecule has 0 saturated carbocycles. The second-order valence-electron chi connectivity index (χ2n) is 5.61. The van der Waals surface area contributed by atoms with Crippen LogP contribution in [-0.4, -0.2) is 33.6 Å². The first-order valence-corrected chi connectivity index (χ1v) is 9.41. The van der Waals surface area contributed by atoms with Gasteiger partial charge in [-0.25, -0.2) is 12.8 Å². The minimum absolute atomic E-state index is 0.0431. The summed E-state index contributed by atoms with van der Waals surface area (Å²) in [7, 11) is -4.17. The number of benzene rings is 2. The van der Waals surface area contributed by atoms with Crippen molar-refractivity contribution in [3.8, 4) is 5.75 Å². The van der Waals surface area contributed by atoms with Crippen LogP contribution < -0.4 is 9.46 Å². The maximum atomic E-state index is 13.6. The summed E-state index contributed by atoms with van der Waals surface area (Å²) in [6.07, 6.45) is 0. The van der Waals surface area contributed by atoms with Crippen LogP contribution in [0, 0.1) is 12.7 Å². The minimum Gasteiger partial charge on any atom is -0.490 e. The van der Waals surface area contributed by atoms with Gasteiger partial charge in [0.15, 0.2) is 0 Å². The first kappa shape index (κ1) is 19.9. The van der Waals surface area contributed by atoms with Crippen LogP contribution in [0.5, 0.6) is 5.75 Å². The zero-order valence-corrected chi connectivity index (χ0v) is 15.3. The minimum atomic E-state index is -4.17. The molecular formula is C18H20FNO5S. The Labute approximate surface area is 152 Å². The van der Waals surface area contributed by atoms with Gasteiger partial charge >= 0.3 is 5.97 Å². The highest BCUT2D eigenvalue weighted by atomic mass is 32.2. The molecule has 6 nitrogen and oxygen atoms in total. The molecule has 1 N–H and O–H groups in total. The maximum absolute atomic E-state index is 13.6. The number of halogens is 1. The number of carbonyl (C=O) groups is 1. The summed E-state index contributed by atoms with van der Waals surface area (Å²) < 4.78 is 50.4. The molecule has 140 valence electrons. The van der Waals surface area contributed by atoms with Crippen LogP contribution in [0.3, 0.4) is 0 Å². The number of ether oxygens (including phenoxy) is 2. The predicted molar refractivity (Wildman–Crippen MR) is 93.8 cm³/mol. The van der Waals surface area contributed by atoms with Crippen LogP contribution in [0.25, 0.3) is 0 Å². The van der Waals surface area contributed by atoms with Crippen molar-refractivity contribution in [1.82, 2.24) is 4.72 Å². The lowest BCUT2D eigenvalue weighted by atomic mass is 10.2. The Morgan fingerprint density at radius 2 is 1.88 bits per heavy atom. The van der Waals surface area contributed by atoms with Crippen molar-refractivity contribution in [3.63, 3.8) is 0 Å². The quantitative estimate of drug-likeness (QED) is 0.561. The largest absolute Gasteiger partial charge is 0.490 e. The van der Waals surface area contributed by atoms with Gasteiger partial charge in [-0.2, -0.15) is 4.72 Å². The van der Waals surface area contributed by atoms with E-state index in [1.54, 1.807) is 6.07 Å². The molecule has 1 unspecified atom stereocenters. The van der Waals surface area contributed by atoms with Crippen molar-refractivity contribution in [3.05, 3.63) is 59.9 Å². The molecule has 2 aromatic rings. The van der Waals surface area contributed by atoms with E-state index in [0.717, 1.165) is 17.7 Å². The van der Waals surface area contributed by atoms with Gasteiger partial charge in [0.05, 0.1) is 0 Å². The Morgan fingerprint density at radius 3 is 2.58 bits per heavy atom. The van der Waals surface area contributed by atoms with Gasteiger partial charge in [0.2, 0.25) is 10.0 Å².